The Kier molecular flexibility index (Phi) is 8.51. The summed E-state index contributed by atoms with van der Waals surface area (Å²) in [7, 11) is -4.07. The van der Waals surface area contributed by atoms with E-state index in [2.05, 4.69) is 15.4 Å². The summed E-state index contributed by atoms with van der Waals surface area (Å²) in [5.41, 5.74) is 0. The first-order chi connectivity index (χ1) is 14.2. The summed E-state index contributed by atoms with van der Waals surface area (Å²) in [6.07, 6.45) is 1.79. The number of nitrogens with one attached hydrogen (secondary N) is 3. The Hall–Kier alpha value is -2.76. The zero-order valence-electron chi connectivity index (χ0n) is 16.3. The molecule has 2 rings (SSSR count). The Balaban J connectivity index is 1.97. The van der Waals surface area contributed by atoms with Gasteiger partial charge in [0, 0.05) is 13.1 Å². The monoisotopic (exact) mass is 453 g/mol. The summed E-state index contributed by atoms with van der Waals surface area (Å²) in [5.74, 6) is -2.32. The number of rotatable bonds is 11. The highest BCUT2D eigenvalue weighted by Crippen LogP contribution is 2.16. The van der Waals surface area contributed by atoms with Gasteiger partial charge in [0.25, 0.3) is 11.8 Å². The molecule has 4 N–H and O–H groups in total. The van der Waals surface area contributed by atoms with Gasteiger partial charge in [-0.15, -0.1) is 11.3 Å². The molecule has 1 aromatic heterocycles. The molecular formula is C19H23N3O6S2. The zero-order chi connectivity index (χ0) is 22.1. The highest BCUT2D eigenvalue weighted by molar-refractivity contribution is 7.89. The van der Waals surface area contributed by atoms with Gasteiger partial charge >= 0.3 is 5.97 Å². The molecule has 162 valence electrons. The minimum absolute atomic E-state index is 0.0837. The van der Waals surface area contributed by atoms with E-state index < -0.39 is 34.5 Å². The zero-order valence-corrected chi connectivity index (χ0v) is 17.9. The summed E-state index contributed by atoms with van der Waals surface area (Å²) >= 11 is 0.967. The highest BCUT2D eigenvalue weighted by Gasteiger charge is 2.26. The van der Waals surface area contributed by atoms with E-state index in [4.69, 9.17) is 0 Å². The fourth-order valence-corrected chi connectivity index (χ4v) is 4.41. The van der Waals surface area contributed by atoms with Crippen molar-refractivity contribution in [2.45, 2.75) is 30.7 Å². The van der Waals surface area contributed by atoms with Crippen LogP contribution in [0.4, 0.5) is 0 Å². The van der Waals surface area contributed by atoms with E-state index in [0.717, 1.165) is 24.2 Å². The first-order valence-corrected chi connectivity index (χ1v) is 11.5. The van der Waals surface area contributed by atoms with Crippen molar-refractivity contribution >= 4 is 39.1 Å². The van der Waals surface area contributed by atoms with Crippen molar-refractivity contribution in [1.29, 1.82) is 0 Å². The maximum absolute atomic E-state index is 12.3. The van der Waals surface area contributed by atoms with Crippen LogP contribution in [0.2, 0.25) is 0 Å². The SMILES string of the molecule is CCCCNC(=O)c1ccc(C(=O)NCC(NS(=O)(=O)c2ccccc2)C(=O)O)s1. The third-order valence-electron chi connectivity index (χ3n) is 3.99. The molecule has 11 heteroatoms. The summed E-state index contributed by atoms with van der Waals surface area (Å²) in [6.45, 7) is 2.08. The van der Waals surface area contributed by atoms with Gasteiger partial charge in [0.2, 0.25) is 10.0 Å². The number of benzene rings is 1. The van der Waals surface area contributed by atoms with E-state index in [0.29, 0.717) is 11.4 Å². The predicted molar refractivity (Wildman–Crippen MR) is 112 cm³/mol. The fourth-order valence-electron chi connectivity index (χ4n) is 2.36. The van der Waals surface area contributed by atoms with Crippen LogP contribution in [-0.2, 0) is 14.8 Å². The van der Waals surface area contributed by atoms with Crippen LogP contribution in [0.5, 0.6) is 0 Å². The average Bonchev–Trinajstić information content (AvgIpc) is 3.22. The van der Waals surface area contributed by atoms with Gasteiger partial charge in [0.15, 0.2) is 0 Å². The summed E-state index contributed by atoms with van der Waals surface area (Å²) in [4.78, 5) is 36.3. The van der Waals surface area contributed by atoms with Crippen LogP contribution in [0.25, 0.3) is 0 Å². The number of sulfonamides is 1. The van der Waals surface area contributed by atoms with Crippen molar-refractivity contribution < 1.29 is 27.9 Å². The van der Waals surface area contributed by atoms with E-state index in [-0.39, 0.29) is 15.7 Å². The van der Waals surface area contributed by atoms with Gasteiger partial charge in [-0.25, -0.2) is 8.42 Å². The third kappa shape index (κ3) is 6.65. The number of thiophene rings is 1. The lowest BCUT2D eigenvalue weighted by Gasteiger charge is -2.15. The largest absolute Gasteiger partial charge is 0.480 e. The summed E-state index contributed by atoms with van der Waals surface area (Å²) in [5, 5.41) is 14.5. The molecular weight excluding hydrogens is 430 g/mol. The molecule has 30 heavy (non-hydrogen) atoms. The molecule has 2 aromatic rings. The molecule has 9 nitrogen and oxygen atoms in total. The lowest BCUT2D eigenvalue weighted by Crippen LogP contribution is -2.48. The third-order valence-corrected chi connectivity index (χ3v) is 6.56. The number of carbonyl (C=O) groups excluding carboxylic acids is 2. The first kappa shape index (κ1) is 23.5. The molecule has 2 amide bonds. The van der Waals surface area contributed by atoms with Crippen LogP contribution in [0.3, 0.4) is 0 Å². The number of hydrogen-bond donors (Lipinski definition) is 4. The van der Waals surface area contributed by atoms with E-state index in [9.17, 15) is 27.9 Å². The number of carbonyl (C=O) groups is 3. The minimum Gasteiger partial charge on any atom is -0.480 e. The number of aliphatic carboxylic acids is 1. The van der Waals surface area contributed by atoms with E-state index in [1.807, 2.05) is 6.92 Å². The molecule has 0 fully saturated rings. The molecule has 0 spiro atoms. The molecule has 1 heterocycles. The number of carboxylic acid groups (broad SMARTS) is 1. The van der Waals surface area contributed by atoms with Crippen LogP contribution in [0.15, 0.2) is 47.4 Å². The van der Waals surface area contributed by atoms with Gasteiger partial charge in [-0.3, -0.25) is 14.4 Å². The highest BCUT2D eigenvalue weighted by atomic mass is 32.2. The number of hydrogen-bond acceptors (Lipinski definition) is 6. The Bertz CT molecular complexity index is 989. The Morgan fingerprint density at radius 2 is 1.60 bits per heavy atom. The summed E-state index contributed by atoms with van der Waals surface area (Å²) < 4.78 is 26.7. The van der Waals surface area contributed by atoms with Crippen LogP contribution in [0, 0.1) is 0 Å². The van der Waals surface area contributed by atoms with E-state index in [1.165, 1.54) is 36.4 Å². The lowest BCUT2D eigenvalue weighted by molar-refractivity contribution is -0.138. The molecule has 0 aliphatic carbocycles. The van der Waals surface area contributed by atoms with Crippen molar-refractivity contribution in [3.8, 4) is 0 Å². The number of amides is 2. The van der Waals surface area contributed by atoms with Crippen LogP contribution in [0.1, 0.15) is 39.1 Å². The molecule has 0 bridgehead atoms. The van der Waals surface area contributed by atoms with E-state index >= 15 is 0 Å². The van der Waals surface area contributed by atoms with Crippen molar-refractivity contribution in [3.05, 3.63) is 52.2 Å². The minimum atomic E-state index is -4.07. The second kappa shape index (κ2) is 10.9. The molecule has 0 saturated carbocycles. The molecule has 1 atom stereocenters. The first-order valence-electron chi connectivity index (χ1n) is 9.21. The topological polar surface area (TPSA) is 142 Å². The standard InChI is InChI=1S/C19H23N3O6S2/c1-2-3-11-20-17(23)15-9-10-16(29-15)18(24)21-12-14(19(25)26)22-30(27,28)13-7-5-4-6-8-13/h4-10,14,22H,2-3,11-12H2,1H3,(H,20,23)(H,21,24)(H,25,26). The molecule has 0 saturated heterocycles. The Labute approximate surface area is 178 Å². The van der Waals surface area contributed by atoms with Crippen LogP contribution >= 0.6 is 11.3 Å². The summed E-state index contributed by atoms with van der Waals surface area (Å²) in [6, 6.07) is 8.73. The molecule has 0 aliphatic rings. The van der Waals surface area contributed by atoms with Gasteiger partial charge in [-0.05, 0) is 30.7 Å². The van der Waals surface area contributed by atoms with Gasteiger partial charge in [0.1, 0.15) is 6.04 Å². The van der Waals surface area contributed by atoms with Gasteiger partial charge in [-0.2, -0.15) is 4.72 Å². The average molecular weight is 454 g/mol. The molecule has 1 unspecified atom stereocenters. The maximum atomic E-state index is 12.3. The Morgan fingerprint density at radius 1 is 1.00 bits per heavy atom. The molecule has 0 aliphatic heterocycles. The lowest BCUT2D eigenvalue weighted by atomic mass is 10.3. The molecule has 0 radical (unpaired) electrons. The maximum Gasteiger partial charge on any atom is 0.323 e. The van der Waals surface area contributed by atoms with Crippen LogP contribution in [-0.4, -0.2) is 50.4 Å². The number of unbranched alkanes of at least 4 members (excludes halogenated alkanes) is 1. The van der Waals surface area contributed by atoms with Crippen molar-refractivity contribution in [3.63, 3.8) is 0 Å². The van der Waals surface area contributed by atoms with Gasteiger partial charge in [-0.1, -0.05) is 31.5 Å². The molecule has 1 aromatic carbocycles. The second-order valence-electron chi connectivity index (χ2n) is 6.31. The number of carboxylic acids is 1. The second-order valence-corrected chi connectivity index (χ2v) is 9.11. The van der Waals surface area contributed by atoms with Crippen molar-refractivity contribution in [2.75, 3.05) is 13.1 Å². The smallest absolute Gasteiger partial charge is 0.323 e. The van der Waals surface area contributed by atoms with E-state index in [1.54, 1.807) is 6.07 Å². The Morgan fingerprint density at radius 3 is 2.17 bits per heavy atom. The van der Waals surface area contributed by atoms with Gasteiger partial charge < -0.3 is 15.7 Å². The fraction of sp³-hybridized carbons (Fsp3) is 0.316. The van der Waals surface area contributed by atoms with Crippen LogP contribution < -0.4 is 15.4 Å². The predicted octanol–water partition coefficient (Wildman–Crippen LogP) is 1.44. The van der Waals surface area contributed by atoms with Gasteiger partial charge in [0.05, 0.1) is 14.6 Å². The van der Waals surface area contributed by atoms with Crippen molar-refractivity contribution in [2.24, 2.45) is 0 Å². The quantitative estimate of drug-likeness (QED) is 0.379. The van der Waals surface area contributed by atoms with Crippen molar-refractivity contribution in [1.82, 2.24) is 15.4 Å². The normalized spacial score (nSPS) is 12.2.